The Morgan fingerprint density at radius 1 is 0.963 bits per heavy atom. The summed E-state index contributed by atoms with van der Waals surface area (Å²) in [4.78, 5) is 24.0. The molecule has 0 atom stereocenters. The van der Waals surface area contributed by atoms with E-state index in [1.807, 2.05) is 19.1 Å². The maximum atomic E-state index is 12.0. The summed E-state index contributed by atoms with van der Waals surface area (Å²) in [6, 6.07) is 12.5. The van der Waals surface area contributed by atoms with Gasteiger partial charge in [0.2, 0.25) is 0 Å². The Labute approximate surface area is 157 Å². The summed E-state index contributed by atoms with van der Waals surface area (Å²) in [6.07, 6.45) is 0.508. The van der Waals surface area contributed by atoms with E-state index in [0.29, 0.717) is 25.1 Å². The molecule has 0 saturated carbocycles. The number of nitrogens with one attached hydrogen (secondary N) is 2. The SMILES string of the molecule is Cc1ccc(C(=O)NCCCNC(=O)c2cccc(OS(=O)(=O)[O-])c2)cc1. The molecular formula is C18H19N2O6S-. The summed E-state index contributed by atoms with van der Waals surface area (Å²) in [5.74, 6) is -0.874. The van der Waals surface area contributed by atoms with Gasteiger partial charge in [-0.25, -0.2) is 8.42 Å². The van der Waals surface area contributed by atoms with Gasteiger partial charge in [-0.2, -0.15) is 0 Å². The quantitative estimate of drug-likeness (QED) is 0.398. The number of carbonyl (C=O) groups is 2. The zero-order valence-corrected chi connectivity index (χ0v) is 15.4. The van der Waals surface area contributed by atoms with Crippen LogP contribution in [-0.2, 0) is 10.4 Å². The Morgan fingerprint density at radius 2 is 1.56 bits per heavy atom. The predicted octanol–water partition coefficient (Wildman–Crippen LogP) is 1.38. The van der Waals surface area contributed by atoms with E-state index < -0.39 is 16.3 Å². The van der Waals surface area contributed by atoms with Crippen molar-refractivity contribution in [3.8, 4) is 5.75 Å². The normalized spacial score (nSPS) is 10.9. The number of amides is 2. The highest BCUT2D eigenvalue weighted by Crippen LogP contribution is 2.14. The molecule has 0 heterocycles. The lowest BCUT2D eigenvalue weighted by atomic mass is 10.1. The minimum absolute atomic E-state index is 0.153. The molecule has 0 aromatic heterocycles. The van der Waals surface area contributed by atoms with E-state index in [0.717, 1.165) is 11.6 Å². The molecule has 0 radical (unpaired) electrons. The van der Waals surface area contributed by atoms with Crippen LogP contribution in [-0.4, -0.2) is 37.9 Å². The van der Waals surface area contributed by atoms with E-state index in [4.69, 9.17) is 0 Å². The lowest BCUT2D eigenvalue weighted by molar-refractivity contribution is 0.0951. The van der Waals surface area contributed by atoms with Crippen molar-refractivity contribution in [3.63, 3.8) is 0 Å². The monoisotopic (exact) mass is 391 g/mol. The largest absolute Gasteiger partial charge is 0.716 e. The van der Waals surface area contributed by atoms with Crippen LogP contribution in [0, 0.1) is 6.92 Å². The Kier molecular flexibility index (Phi) is 6.91. The minimum Gasteiger partial charge on any atom is -0.716 e. The van der Waals surface area contributed by atoms with Gasteiger partial charge < -0.3 is 19.4 Å². The smallest absolute Gasteiger partial charge is 0.262 e. The molecule has 2 amide bonds. The molecule has 2 aromatic carbocycles. The van der Waals surface area contributed by atoms with Crippen molar-refractivity contribution >= 4 is 22.2 Å². The number of rotatable bonds is 8. The fourth-order valence-electron chi connectivity index (χ4n) is 2.21. The van der Waals surface area contributed by atoms with E-state index >= 15 is 0 Å². The number of benzene rings is 2. The van der Waals surface area contributed by atoms with Crippen LogP contribution in [0.15, 0.2) is 48.5 Å². The van der Waals surface area contributed by atoms with Crippen LogP contribution in [0.25, 0.3) is 0 Å². The zero-order chi connectivity index (χ0) is 19.9. The average molecular weight is 391 g/mol. The van der Waals surface area contributed by atoms with E-state index in [2.05, 4.69) is 14.8 Å². The Balaban J connectivity index is 1.75. The van der Waals surface area contributed by atoms with Crippen LogP contribution in [0.3, 0.4) is 0 Å². The maximum Gasteiger partial charge on any atom is 0.262 e. The standard InChI is InChI=1S/C18H20N2O6S/c1-13-6-8-14(9-7-13)17(21)19-10-3-11-20-18(22)15-4-2-5-16(12-15)26-27(23,24)25/h2,4-9,12H,3,10-11H2,1H3,(H,19,21)(H,20,22)(H,23,24,25)/p-1. The molecule has 0 saturated heterocycles. The summed E-state index contributed by atoms with van der Waals surface area (Å²) in [5.41, 5.74) is 1.78. The van der Waals surface area contributed by atoms with Crippen LogP contribution in [0.4, 0.5) is 0 Å². The molecule has 0 bridgehead atoms. The molecule has 2 N–H and O–H groups in total. The maximum absolute atomic E-state index is 12.0. The van der Waals surface area contributed by atoms with Crippen LogP contribution >= 0.6 is 0 Å². The fourth-order valence-corrected chi connectivity index (χ4v) is 2.55. The minimum atomic E-state index is -4.90. The second-order valence-corrected chi connectivity index (χ2v) is 6.73. The summed E-state index contributed by atoms with van der Waals surface area (Å²) >= 11 is 0. The summed E-state index contributed by atoms with van der Waals surface area (Å²) < 4.78 is 36.0. The molecule has 27 heavy (non-hydrogen) atoms. The van der Waals surface area contributed by atoms with Crippen LogP contribution in [0.1, 0.15) is 32.7 Å². The zero-order valence-electron chi connectivity index (χ0n) is 14.6. The van der Waals surface area contributed by atoms with Crippen molar-refractivity contribution in [2.75, 3.05) is 13.1 Å². The number of aryl methyl sites for hydroxylation is 1. The third-order valence-electron chi connectivity index (χ3n) is 3.53. The van der Waals surface area contributed by atoms with Crippen LogP contribution in [0.2, 0.25) is 0 Å². The van der Waals surface area contributed by atoms with Gasteiger partial charge in [0.05, 0.1) is 0 Å². The average Bonchev–Trinajstić information content (AvgIpc) is 2.60. The first-order valence-electron chi connectivity index (χ1n) is 8.13. The summed E-state index contributed by atoms with van der Waals surface area (Å²) in [5, 5.41) is 5.39. The summed E-state index contributed by atoms with van der Waals surface area (Å²) in [7, 11) is -4.90. The summed E-state index contributed by atoms with van der Waals surface area (Å²) in [6.45, 7) is 2.62. The topological polar surface area (TPSA) is 125 Å². The Bertz CT molecular complexity index is 910. The molecule has 2 rings (SSSR count). The molecule has 0 aliphatic rings. The third-order valence-corrected chi connectivity index (χ3v) is 3.93. The van der Waals surface area contributed by atoms with Crippen LogP contribution in [0.5, 0.6) is 5.75 Å². The molecular weight excluding hydrogens is 372 g/mol. The number of hydrogen-bond donors (Lipinski definition) is 2. The van der Waals surface area contributed by atoms with Gasteiger partial charge >= 0.3 is 0 Å². The van der Waals surface area contributed by atoms with Crippen molar-refractivity contribution in [2.24, 2.45) is 0 Å². The highest BCUT2D eigenvalue weighted by Gasteiger charge is 2.08. The molecule has 8 nitrogen and oxygen atoms in total. The molecule has 9 heteroatoms. The van der Waals surface area contributed by atoms with Crippen molar-refractivity contribution in [1.82, 2.24) is 10.6 Å². The van der Waals surface area contributed by atoms with E-state index in [1.165, 1.54) is 18.2 Å². The van der Waals surface area contributed by atoms with E-state index in [9.17, 15) is 22.6 Å². The van der Waals surface area contributed by atoms with Crippen molar-refractivity contribution in [2.45, 2.75) is 13.3 Å². The molecule has 0 spiro atoms. The van der Waals surface area contributed by atoms with Gasteiger partial charge in [-0.05, 0) is 43.7 Å². The second kappa shape index (κ2) is 9.15. The molecule has 0 aliphatic carbocycles. The first kappa shape index (κ1) is 20.4. The Hall–Kier alpha value is -2.91. The number of hydrogen-bond acceptors (Lipinski definition) is 6. The van der Waals surface area contributed by atoms with Gasteiger partial charge in [-0.15, -0.1) is 0 Å². The molecule has 144 valence electrons. The van der Waals surface area contributed by atoms with Crippen molar-refractivity contribution < 1.29 is 26.7 Å². The van der Waals surface area contributed by atoms with Gasteiger partial charge in [0.15, 0.2) is 0 Å². The lowest BCUT2D eigenvalue weighted by Gasteiger charge is -2.10. The van der Waals surface area contributed by atoms with Gasteiger partial charge in [-0.3, -0.25) is 9.59 Å². The van der Waals surface area contributed by atoms with Gasteiger partial charge in [0.25, 0.3) is 22.2 Å². The van der Waals surface area contributed by atoms with Gasteiger partial charge in [0.1, 0.15) is 5.75 Å². The van der Waals surface area contributed by atoms with Gasteiger partial charge in [0, 0.05) is 24.2 Å². The number of carbonyl (C=O) groups excluding carboxylic acids is 2. The van der Waals surface area contributed by atoms with Crippen LogP contribution < -0.4 is 14.8 Å². The van der Waals surface area contributed by atoms with Crippen molar-refractivity contribution in [3.05, 3.63) is 65.2 Å². The molecule has 2 aromatic rings. The molecule has 0 unspecified atom stereocenters. The van der Waals surface area contributed by atoms with Gasteiger partial charge in [-0.1, -0.05) is 23.8 Å². The first-order chi connectivity index (χ1) is 12.7. The van der Waals surface area contributed by atoms with E-state index in [1.54, 1.807) is 12.1 Å². The predicted molar refractivity (Wildman–Crippen MR) is 97.2 cm³/mol. The lowest BCUT2D eigenvalue weighted by Crippen LogP contribution is -2.29. The highest BCUT2D eigenvalue weighted by atomic mass is 32.3. The second-order valence-electron chi connectivity index (χ2n) is 5.75. The Morgan fingerprint density at radius 3 is 2.15 bits per heavy atom. The molecule has 0 fully saturated rings. The fraction of sp³-hybridized carbons (Fsp3) is 0.222. The van der Waals surface area contributed by atoms with E-state index in [-0.39, 0.29) is 17.2 Å². The highest BCUT2D eigenvalue weighted by molar-refractivity contribution is 7.81. The van der Waals surface area contributed by atoms with Crippen molar-refractivity contribution in [1.29, 1.82) is 0 Å². The third kappa shape index (κ3) is 7.08. The molecule has 0 aliphatic heterocycles. The first-order valence-corrected chi connectivity index (χ1v) is 9.46.